The number of ether oxygens (including phenoxy) is 3. The van der Waals surface area contributed by atoms with Gasteiger partial charge in [-0.3, -0.25) is 4.79 Å². The number of allylic oxidation sites excluding steroid dienone is 2. The first-order chi connectivity index (χ1) is 13.7. The molecule has 2 aliphatic heterocycles. The molecule has 4 N–H and O–H groups in total. The van der Waals surface area contributed by atoms with Crippen molar-refractivity contribution >= 4 is 5.97 Å². The van der Waals surface area contributed by atoms with Crippen LogP contribution in [-0.2, 0) is 19.0 Å². The summed E-state index contributed by atoms with van der Waals surface area (Å²) < 4.78 is 17.1. The summed E-state index contributed by atoms with van der Waals surface area (Å²) in [7, 11) is 0. The standard InChI is InChI=1S/C21H32O8/c1-10-5-4-6-11(2)14(8-13-12(3)20(26)27-15(13)7-10)28-21-19(25)18(24)17(23)16(9-22)29-21/h6-7,12-19,21-25H,4-5,8-9H2,1-3H3/b10-7+,11-6+/t12-,13-,14-,15+,16+,17+,18-,19+,21-/m0/s1. The van der Waals surface area contributed by atoms with Crippen LogP contribution in [0.1, 0.15) is 40.0 Å². The van der Waals surface area contributed by atoms with E-state index in [1.54, 1.807) is 0 Å². The third-order valence-electron chi connectivity index (χ3n) is 6.28. The van der Waals surface area contributed by atoms with E-state index in [1.807, 2.05) is 26.8 Å². The summed E-state index contributed by atoms with van der Waals surface area (Å²) in [5.74, 6) is -0.637. The van der Waals surface area contributed by atoms with E-state index >= 15 is 0 Å². The van der Waals surface area contributed by atoms with Crippen LogP contribution in [0.15, 0.2) is 23.3 Å². The number of aliphatic hydroxyl groups excluding tert-OH is 4. The molecular weight excluding hydrogens is 380 g/mol. The average Bonchev–Trinajstić information content (AvgIpc) is 2.94. The molecule has 164 valence electrons. The Hall–Kier alpha value is -1.29. The maximum Gasteiger partial charge on any atom is 0.309 e. The Morgan fingerprint density at radius 2 is 1.90 bits per heavy atom. The molecule has 0 unspecified atom stereocenters. The van der Waals surface area contributed by atoms with Gasteiger partial charge in [-0.15, -0.1) is 0 Å². The maximum absolute atomic E-state index is 12.2. The van der Waals surface area contributed by atoms with Crippen LogP contribution in [0.5, 0.6) is 0 Å². The number of hydrogen-bond donors (Lipinski definition) is 4. The van der Waals surface area contributed by atoms with Crippen molar-refractivity contribution in [1.29, 1.82) is 0 Å². The molecule has 2 saturated heterocycles. The Balaban J connectivity index is 1.82. The van der Waals surface area contributed by atoms with Gasteiger partial charge in [0.25, 0.3) is 0 Å². The van der Waals surface area contributed by atoms with Gasteiger partial charge in [-0.1, -0.05) is 18.6 Å². The van der Waals surface area contributed by atoms with E-state index in [9.17, 15) is 25.2 Å². The Bertz CT molecular complexity index is 657. The Morgan fingerprint density at radius 1 is 1.17 bits per heavy atom. The first-order valence-corrected chi connectivity index (χ1v) is 10.2. The molecule has 29 heavy (non-hydrogen) atoms. The topological polar surface area (TPSA) is 126 Å². The van der Waals surface area contributed by atoms with Crippen LogP contribution in [-0.4, -0.2) is 75.9 Å². The lowest BCUT2D eigenvalue weighted by Gasteiger charge is -2.41. The van der Waals surface area contributed by atoms with Crippen LogP contribution >= 0.6 is 0 Å². The highest BCUT2D eigenvalue weighted by Gasteiger charge is 2.47. The lowest BCUT2D eigenvalue weighted by Crippen LogP contribution is -2.59. The van der Waals surface area contributed by atoms with E-state index < -0.39 is 43.4 Å². The molecule has 0 radical (unpaired) electrons. The van der Waals surface area contributed by atoms with Crippen molar-refractivity contribution in [3.63, 3.8) is 0 Å². The van der Waals surface area contributed by atoms with E-state index in [4.69, 9.17) is 14.2 Å². The van der Waals surface area contributed by atoms with Crippen LogP contribution in [0.3, 0.4) is 0 Å². The molecule has 3 rings (SSSR count). The zero-order valence-corrected chi connectivity index (χ0v) is 17.1. The van der Waals surface area contributed by atoms with Gasteiger partial charge in [0, 0.05) is 5.92 Å². The summed E-state index contributed by atoms with van der Waals surface area (Å²) in [6, 6.07) is 0. The number of carbonyl (C=O) groups is 1. The predicted octanol–water partition coefficient (Wildman–Crippen LogP) is 0.426. The van der Waals surface area contributed by atoms with Gasteiger partial charge in [-0.2, -0.15) is 0 Å². The Morgan fingerprint density at radius 3 is 2.59 bits per heavy atom. The molecule has 0 spiro atoms. The summed E-state index contributed by atoms with van der Waals surface area (Å²) in [6.07, 6.45) is -1.29. The third kappa shape index (κ3) is 4.73. The lowest BCUT2D eigenvalue weighted by molar-refractivity contribution is -0.309. The number of fused-ring (bicyclic) bond motifs is 1. The molecule has 2 fully saturated rings. The van der Waals surface area contributed by atoms with Gasteiger partial charge in [-0.25, -0.2) is 0 Å². The van der Waals surface area contributed by atoms with Gasteiger partial charge in [0.05, 0.1) is 18.6 Å². The number of esters is 1. The maximum atomic E-state index is 12.2. The van der Waals surface area contributed by atoms with Crippen molar-refractivity contribution < 1.29 is 39.4 Å². The monoisotopic (exact) mass is 412 g/mol. The fraction of sp³-hybridized carbons (Fsp3) is 0.762. The second-order valence-electron chi connectivity index (χ2n) is 8.41. The molecule has 1 aliphatic carbocycles. The quantitative estimate of drug-likeness (QED) is 0.388. The van der Waals surface area contributed by atoms with Crippen molar-refractivity contribution in [2.75, 3.05) is 6.61 Å². The molecule has 8 nitrogen and oxygen atoms in total. The minimum atomic E-state index is -1.50. The zero-order valence-electron chi connectivity index (χ0n) is 17.1. The van der Waals surface area contributed by atoms with Gasteiger partial charge in [0.1, 0.15) is 30.5 Å². The predicted molar refractivity (Wildman–Crippen MR) is 103 cm³/mol. The fourth-order valence-electron chi connectivity index (χ4n) is 4.24. The fourth-order valence-corrected chi connectivity index (χ4v) is 4.24. The summed E-state index contributed by atoms with van der Waals surface area (Å²) in [6.45, 7) is 5.28. The van der Waals surface area contributed by atoms with E-state index in [-0.39, 0.29) is 23.9 Å². The smallest absolute Gasteiger partial charge is 0.309 e. The lowest BCUT2D eigenvalue weighted by atomic mass is 9.83. The van der Waals surface area contributed by atoms with Crippen molar-refractivity contribution in [3.8, 4) is 0 Å². The van der Waals surface area contributed by atoms with E-state index in [0.717, 1.165) is 18.4 Å². The Labute approximate surface area is 170 Å². The Kier molecular flexibility index (Phi) is 7.14. The SMILES string of the molecule is C/C1=C\[C@H]2OC(=O)[C@@H](C)[C@@H]2C[C@H](O[C@H]2O[C@H](CO)[C@@H](O)[C@H](O)[C@H]2O)/C(C)=C/CC1. The summed E-state index contributed by atoms with van der Waals surface area (Å²) in [5, 5.41) is 39.7. The molecular formula is C21H32O8. The first-order valence-electron chi connectivity index (χ1n) is 10.2. The summed E-state index contributed by atoms with van der Waals surface area (Å²) in [5.41, 5.74) is 2.10. The molecule has 8 heteroatoms. The van der Waals surface area contributed by atoms with E-state index in [0.29, 0.717) is 6.42 Å². The van der Waals surface area contributed by atoms with Gasteiger partial charge < -0.3 is 34.6 Å². The summed E-state index contributed by atoms with van der Waals surface area (Å²) >= 11 is 0. The van der Waals surface area contributed by atoms with E-state index in [2.05, 4.69) is 6.08 Å². The third-order valence-corrected chi connectivity index (χ3v) is 6.28. The largest absolute Gasteiger partial charge is 0.458 e. The highest BCUT2D eigenvalue weighted by atomic mass is 16.7. The van der Waals surface area contributed by atoms with Crippen LogP contribution < -0.4 is 0 Å². The number of carbonyl (C=O) groups excluding carboxylic acids is 1. The zero-order chi connectivity index (χ0) is 21.3. The number of rotatable bonds is 3. The van der Waals surface area contributed by atoms with Gasteiger partial charge in [-0.05, 0) is 44.8 Å². The van der Waals surface area contributed by atoms with Crippen LogP contribution in [0, 0.1) is 11.8 Å². The molecule has 0 aromatic heterocycles. The van der Waals surface area contributed by atoms with Crippen LogP contribution in [0.25, 0.3) is 0 Å². The molecule has 0 saturated carbocycles. The van der Waals surface area contributed by atoms with Gasteiger partial charge in [0.15, 0.2) is 6.29 Å². The number of hydrogen-bond acceptors (Lipinski definition) is 8. The molecule has 0 aromatic carbocycles. The molecule has 3 aliphatic rings. The highest BCUT2D eigenvalue weighted by molar-refractivity contribution is 5.75. The van der Waals surface area contributed by atoms with Crippen molar-refractivity contribution in [1.82, 2.24) is 0 Å². The van der Waals surface area contributed by atoms with Crippen molar-refractivity contribution in [2.24, 2.45) is 11.8 Å². The minimum absolute atomic E-state index is 0.103. The molecule has 0 aromatic rings. The highest BCUT2D eigenvalue weighted by Crippen LogP contribution is 2.37. The average molecular weight is 412 g/mol. The molecule has 0 amide bonds. The van der Waals surface area contributed by atoms with E-state index in [1.165, 1.54) is 5.57 Å². The molecule has 9 atom stereocenters. The van der Waals surface area contributed by atoms with Crippen LogP contribution in [0.4, 0.5) is 0 Å². The van der Waals surface area contributed by atoms with Gasteiger partial charge >= 0.3 is 5.97 Å². The number of aliphatic hydroxyl groups is 4. The molecule has 2 heterocycles. The first kappa shape index (κ1) is 22.4. The van der Waals surface area contributed by atoms with Crippen LogP contribution in [0.2, 0.25) is 0 Å². The van der Waals surface area contributed by atoms with Crippen molar-refractivity contribution in [2.45, 2.75) is 82.9 Å². The summed E-state index contributed by atoms with van der Waals surface area (Å²) in [4.78, 5) is 12.2. The van der Waals surface area contributed by atoms with Gasteiger partial charge in [0.2, 0.25) is 0 Å². The van der Waals surface area contributed by atoms with Crippen molar-refractivity contribution in [3.05, 3.63) is 23.3 Å². The normalized spacial score (nSPS) is 47.4. The second-order valence-corrected chi connectivity index (χ2v) is 8.41. The second kappa shape index (κ2) is 9.24. The molecule has 0 bridgehead atoms. The minimum Gasteiger partial charge on any atom is -0.458 e.